The van der Waals surface area contributed by atoms with Gasteiger partial charge in [0.2, 0.25) is 5.91 Å². The number of nitrogens with zero attached hydrogens (tertiary/aromatic N) is 1. The summed E-state index contributed by atoms with van der Waals surface area (Å²) in [7, 11) is 2.78. The molecule has 1 heterocycles. The van der Waals surface area contributed by atoms with E-state index < -0.39 is 59.5 Å². The molecule has 2 unspecified atom stereocenters. The summed E-state index contributed by atoms with van der Waals surface area (Å²) in [4.78, 5) is 26.9. The largest absolute Gasteiger partial charge is 0.493 e. The van der Waals surface area contributed by atoms with Crippen LogP contribution >= 0.6 is 0 Å². The van der Waals surface area contributed by atoms with Crippen molar-refractivity contribution in [2.24, 2.45) is 0 Å². The Kier molecular flexibility index (Phi) is 8.37. The maximum Gasteiger partial charge on any atom is 0.416 e. The molecule has 13 heteroatoms. The van der Waals surface area contributed by atoms with Gasteiger partial charge in [-0.25, -0.2) is 4.79 Å². The van der Waals surface area contributed by atoms with Crippen molar-refractivity contribution in [3.05, 3.63) is 52.6 Å². The van der Waals surface area contributed by atoms with Gasteiger partial charge in [-0.15, -0.1) is 0 Å². The summed E-state index contributed by atoms with van der Waals surface area (Å²) in [6.07, 6.45) is -11.2. The van der Waals surface area contributed by atoms with Gasteiger partial charge >= 0.3 is 18.4 Å². The molecule has 0 fully saturated rings. The Bertz CT molecular complexity index is 1170. The zero-order valence-electron chi connectivity index (χ0n) is 20.9. The Morgan fingerprint density at radius 3 is 2.00 bits per heavy atom. The fraction of sp³-hybridized carbons (Fsp3) is 0.440. The Hall–Kier alpha value is -3.64. The Balaban J connectivity index is 1.96. The summed E-state index contributed by atoms with van der Waals surface area (Å²) < 4.78 is 95.1. The van der Waals surface area contributed by atoms with Gasteiger partial charge in [0.15, 0.2) is 11.5 Å². The topological polar surface area (TPSA) is 77.1 Å². The molecular weight excluding hydrogens is 522 g/mol. The van der Waals surface area contributed by atoms with E-state index in [0.717, 1.165) is 0 Å². The third-order valence-electron chi connectivity index (χ3n) is 6.00. The molecule has 1 aliphatic rings. The van der Waals surface area contributed by atoms with Crippen molar-refractivity contribution in [3.8, 4) is 11.5 Å². The molecule has 208 valence electrons. The van der Waals surface area contributed by atoms with Crippen LogP contribution in [-0.2, 0) is 28.3 Å². The van der Waals surface area contributed by atoms with E-state index in [0.29, 0.717) is 29.1 Å². The van der Waals surface area contributed by atoms with Crippen LogP contribution in [0.25, 0.3) is 0 Å². The number of anilines is 1. The minimum atomic E-state index is -5.03. The van der Waals surface area contributed by atoms with E-state index in [4.69, 9.17) is 14.2 Å². The van der Waals surface area contributed by atoms with Gasteiger partial charge in [-0.3, -0.25) is 9.69 Å². The third kappa shape index (κ3) is 6.25. The van der Waals surface area contributed by atoms with Crippen molar-refractivity contribution < 1.29 is 50.1 Å². The summed E-state index contributed by atoms with van der Waals surface area (Å²) in [5.74, 6) is -0.222. The number of rotatable bonds is 6. The van der Waals surface area contributed by atoms with E-state index in [1.54, 1.807) is 19.9 Å². The lowest BCUT2D eigenvalue weighted by molar-refractivity contribution is -0.143. The second-order valence-corrected chi connectivity index (χ2v) is 8.63. The number of hydrogen-bond donors (Lipinski definition) is 1. The van der Waals surface area contributed by atoms with Gasteiger partial charge in [0.1, 0.15) is 0 Å². The number of amides is 2. The van der Waals surface area contributed by atoms with Crippen molar-refractivity contribution in [2.75, 3.05) is 25.7 Å². The summed E-state index contributed by atoms with van der Waals surface area (Å²) in [5.41, 5.74) is -2.68. The van der Waals surface area contributed by atoms with Crippen LogP contribution in [0, 0.1) is 0 Å². The lowest BCUT2D eigenvalue weighted by atomic mass is 9.91. The maximum absolute atomic E-state index is 13.2. The Morgan fingerprint density at radius 1 is 0.947 bits per heavy atom. The number of nitrogens with one attached hydrogen (secondary N) is 1. The second kappa shape index (κ2) is 11.0. The number of fused-ring (bicyclic) bond motifs is 1. The van der Waals surface area contributed by atoms with Crippen LogP contribution in [0.3, 0.4) is 0 Å². The van der Waals surface area contributed by atoms with E-state index in [9.17, 15) is 35.9 Å². The summed E-state index contributed by atoms with van der Waals surface area (Å²) in [5, 5.41) is 2.67. The molecule has 1 aliphatic heterocycles. The average Bonchev–Trinajstić information content (AvgIpc) is 2.82. The van der Waals surface area contributed by atoms with Crippen LogP contribution in [0.5, 0.6) is 11.5 Å². The number of benzene rings is 2. The molecule has 0 aromatic heterocycles. The first-order valence-electron chi connectivity index (χ1n) is 11.5. The first kappa shape index (κ1) is 28.9. The number of alkyl halides is 6. The molecule has 2 aromatic carbocycles. The Morgan fingerprint density at radius 2 is 1.50 bits per heavy atom. The molecule has 0 saturated heterocycles. The lowest BCUT2D eigenvalue weighted by Gasteiger charge is -2.39. The molecule has 1 N–H and O–H groups in total. The van der Waals surface area contributed by atoms with E-state index >= 15 is 0 Å². The summed E-state index contributed by atoms with van der Waals surface area (Å²) in [6, 6.07) is 2.88. The minimum absolute atomic E-state index is 0.00407. The molecule has 0 bridgehead atoms. The van der Waals surface area contributed by atoms with Crippen molar-refractivity contribution in [3.63, 3.8) is 0 Å². The zero-order valence-corrected chi connectivity index (χ0v) is 20.9. The molecule has 3 rings (SSSR count). The van der Waals surface area contributed by atoms with Gasteiger partial charge in [0.05, 0.1) is 50.1 Å². The van der Waals surface area contributed by atoms with Gasteiger partial charge in [0, 0.05) is 17.7 Å². The fourth-order valence-electron chi connectivity index (χ4n) is 4.34. The van der Waals surface area contributed by atoms with Crippen molar-refractivity contribution in [2.45, 2.75) is 51.1 Å². The molecule has 7 nitrogen and oxygen atoms in total. The SMILES string of the molecule is CCOC(=O)N1c2cc(OC)c(OC)cc2C(NC(=O)Cc2cc(C(F)(F)F)cc(C(F)(F)F)c2)CC1C. The normalized spacial score (nSPS) is 17.5. The van der Waals surface area contributed by atoms with Crippen LogP contribution < -0.4 is 19.7 Å². The van der Waals surface area contributed by atoms with Gasteiger partial charge in [0.25, 0.3) is 0 Å². The molecule has 0 saturated carbocycles. The number of halogens is 6. The van der Waals surface area contributed by atoms with Crippen LogP contribution in [0.2, 0.25) is 0 Å². The molecule has 2 amide bonds. The van der Waals surface area contributed by atoms with Crippen molar-refractivity contribution in [1.82, 2.24) is 5.32 Å². The van der Waals surface area contributed by atoms with E-state index in [-0.39, 0.29) is 24.8 Å². The number of hydrogen-bond acceptors (Lipinski definition) is 5. The van der Waals surface area contributed by atoms with Gasteiger partial charge in [-0.05, 0) is 50.1 Å². The standard InChI is InChI=1S/C25H26F6N2O5/c1-5-38-23(35)33-13(2)6-18(17-11-20(36-3)21(37-4)12-19(17)33)32-22(34)9-14-7-15(24(26,27)28)10-16(8-14)25(29,30)31/h7-8,10-13,18H,5-6,9H2,1-4H3,(H,32,34). The second-order valence-electron chi connectivity index (χ2n) is 8.63. The van der Waals surface area contributed by atoms with Crippen LogP contribution in [0.1, 0.15) is 48.6 Å². The average molecular weight is 548 g/mol. The highest BCUT2D eigenvalue weighted by Crippen LogP contribution is 2.44. The van der Waals surface area contributed by atoms with Gasteiger partial charge in [-0.1, -0.05) is 0 Å². The quantitative estimate of drug-likeness (QED) is 0.456. The van der Waals surface area contributed by atoms with Crippen molar-refractivity contribution in [1.29, 1.82) is 0 Å². The molecule has 0 radical (unpaired) electrons. The third-order valence-corrected chi connectivity index (χ3v) is 6.00. The predicted molar refractivity (Wildman–Crippen MR) is 124 cm³/mol. The fourth-order valence-corrected chi connectivity index (χ4v) is 4.34. The maximum atomic E-state index is 13.2. The number of carbonyl (C=O) groups excluding carboxylic acids is 2. The van der Waals surface area contributed by atoms with E-state index in [1.807, 2.05) is 0 Å². The van der Waals surface area contributed by atoms with E-state index in [2.05, 4.69) is 5.32 Å². The van der Waals surface area contributed by atoms with Gasteiger partial charge < -0.3 is 19.5 Å². The van der Waals surface area contributed by atoms with Crippen LogP contribution in [-0.4, -0.2) is 38.9 Å². The van der Waals surface area contributed by atoms with Crippen LogP contribution in [0.15, 0.2) is 30.3 Å². The first-order chi connectivity index (χ1) is 17.7. The van der Waals surface area contributed by atoms with E-state index in [1.165, 1.54) is 25.2 Å². The minimum Gasteiger partial charge on any atom is -0.493 e. The zero-order chi connectivity index (χ0) is 28.4. The highest BCUT2D eigenvalue weighted by molar-refractivity contribution is 5.91. The lowest BCUT2D eigenvalue weighted by Crippen LogP contribution is -2.46. The number of methoxy groups -OCH3 is 2. The molecular formula is C25H26F6N2O5. The molecule has 38 heavy (non-hydrogen) atoms. The highest BCUT2D eigenvalue weighted by Gasteiger charge is 2.38. The first-order valence-corrected chi connectivity index (χ1v) is 11.5. The Labute approximate surface area is 214 Å². The molecule has 0 aliphatic carbocycles. The molecule has 2 atom stereocenters. The molecule has 0 spiro atoms. The summed E-state index contributed by atoms with van der Waals surface area (Å²) in [6.45, 7) is 3.46. The monoisotopic (exact) mass is 548 g/mol. The molecule has 2 aromatic rings. The smallest absolute Gasteiger partial charge is 0.416 e. The predicted octanol–water partition coefficient (Wildman–Crippen LogP) is 5.90. The number of ether oxygens (including phenoxy) is 3. The summed E-state index contributed by atoms with van der Waals surface area (Å²) >= 11 is 0. The highest BCUT2D eigenvalue weighted by atomic mass is 19.4. The number of carbonyl (C=O) groups is 2. The van der Waals surface area contributed by atoms with Gasteiger partial charge in [-0.2, -0.15) is 26.3 Å². The van der Waals surface area contributed by atoms with Crippen molar-refractivity contribution >= 4 is 17.7 Å². The van der Waals surface area contributed by atoms with Crippen LogP contribution in [0.4, 0.5) is 36.8 Å².